The van der Waals surface area contributed by atoms with Crippen LogP contribution in [0.3, 0.4) is 0 Å². The lowest BCUT2D eigenvalue weighted by molar-refractivity contribution is 0.188. The van der Waals surface area contributed by atoms with Crippen LogP contribution in [0.25, 0.3) is 11.5 Å². The quantitative estimate of drug-likeness (QED) is 0.591. The average Bonchev–Trinajstić information content (AvgIpc) is 2.34. The van der Waals surface area contributed by atoms with Gasteiger partial charge in [-0.2, -0.15) is 9.83 Å². The van der Waals surface area contributed by atoms with Crippen LogP contribution >= 0.6 is 11.6 Å². The summed E-state index contributed by atoms with van der Waals surface area (Å²) >= 11 is 5.52. The van der Waals surface area contributed by atoms with Gasteiger partial charge in [-0.05, 0) is 0 Å². The number of nitrogens with zero attached hydrogens (tertiary/aromatic N) is 4. The molecule has 2 rings (SSSR count). The van der Waals surface area contributed by atoms with Crippen molar-refractivity contribution in [1.82, 2.24) is 19.9 Å². The number of halogens is 1. The summed E-state index contributed by atoms with van der Waals surface area (Å²) in [5, 5.41) is 16.5. The molecule has 0 aromatic rings. The molecule has 0 aromatic heterocycles. The van der Waals surface area contributed by atoms with Crippen molar-refractivity contribution in [1.29, 1.82) is 0 Å². The van der Waals surface area contributed by atoms with Crippen molar-refractivity contribution in [2.24, 2.45) is 0 Å². The number of aromatic nitrogens is 4. The first-order valence-electron chi connectivity index (χ1n) is 2.83. The minimum absolute atomic E-state index is 0.181. The molecule has 0 spiro atoms. The Labute approximate surface area is 66.6 Å². The molecule has 0 amide bonds. The van der Waals surface area contributed by atoms with E-state index in [-0.39, 0.29) is 5.15 Å². The highest BCUT2D eigenvalue weighted by atomic mass is 35.5. The molecule has 1 N–H and O–H groups in total. The Morgan fingerprint density at radius 2 is 2.36 bits per heavy atom. The molecule has 6 heteroatoms. The van der Waals surface area contributed by atoms with Crippen LogP contribution in [-0.2, 0) is 0 Å². The predicted molar refractivity (Wildman–Crippen MR) is 36.6 cm³/mol. The van der Waals surface area contributed by atoms with Crippen LogP contribution in [0.5, 0.6) is 0 Å². The van der Waals surface area contributed by atoms with Gasteiger partial charge in [0.1, 0.15) is 5.69 Å². The lowest BCUT2D eigenvalue weighted by atomic mass is 10.4. The van der Waals surface area contributed by atoms with E-state index in [0.29, 0.717) is 11.5 Å². The number of hydrogen-bond acceptors (Lipinski definition) is 4. The Hall–Kier alpha value is -1.36. The van der Waals surface area contributed by atoms with Gasteiger partial charge in [0.05, 0.1) is 12.4 Å². The Morgan fingerprint density at radius 1 is 1.55 bits per heavy atom. The summed E-state index contributed by atoms with van der Waals surface area (Å²) in [5.41, 5.74) is 0.439. The van der Waals surface area contributed by atoms with Crippen molar-refractivity contribution in [3.8, 4) is 11.5 Å². The van der Waals surface area contributed by atoms with Crippen LogP contribution in [0.15, 0.2) is 12.4 Å². The Kier molecular flexibility index (Phi) is 1.19. The Bertz CT molecular complexity index is 360. The van der Waals surface area contributed by atoms with Gasteiger partial charge in [0.15, 0.2) is 5.15 Å². The number of rotatable bonds is 0. The molecule has 5 nitrogen and oxygen atoms in total. The zero-order chi connectivity index (χ0) is 7.84. The van der Waals surface area contributed by atoms with Gasteiger partial charge < -0.3 is 5.21 Å². The summed E-state index contributed by atoms with van der Waals surface area (Å²) in [5.74, 6) is 0.333. The summed E-state index contributed by atoms with van der Waals surface area (Å²) in [6.45, 7) is 0. The maximum Gasteiger partial charge on any atom is 0.204 e. The van der Waals surface area contributed by atoms with Crippen molar-refractivity contribution in [3.63, 3.8) is 0 Å². The molecule has 0 saturated heterocycles. The average molecular weight is 171 g/mol. The van der Waals surface area contributed by atoms with E-state index < -0.39 is 0 Å². The van der Waals surface area contributed by atoms with Crippen LogP contribution in [0, 0.1) is 0 Å². The second kappa shape index (κ2) is 2.06. The normalized spacial score (nSPS) is 10.6. The minimum Gasteiger partial charge on any atom is -0.428 e. The predicted octanol–water partition coefficient (Wildman–Crippen LogP) is 0.669. The van der Waals surface area contributed by atoms with Gasteiger partial charge in [-0.1, -0.05) is 11.6 Å². The lowest BCUT2D eigenvalue weighted by Gasteiger charge is -2.01. The summed E-state index contributed by atoms with van der Waals surface area (Å²) in [4.78, 5) is 3.81. The Balaban J connectivity index is 2.79. The second-order valence-electron chi connectivity index (χ2n) is 1.96. The SMILES string of the molecule is On1cc(Cl)nc2nncc1-2. The van der Waals surface area contributed by atoms with E-state index in [2.05, 4.69) is 15.2 Å². The topological polar surface area (TPSA) is 63.8 Å². The third-order valence-electron chi connectivity index (χ3n) is 1.25. The third kappa shape index (κ3) is 0.894. The molecule has 2 aliphatic heterocycles. The van der Waals surface area contributed by atoms with Crippen molar-refractivity contribution < 1.29 is 5.21 Å². The minimum atomic E-state index is 0.181. The molecule has 0 saturated carbocycles. The fourth-order valence-electron chi connectivity index (χ4n) is 0.789. The van der Waals surface area contributed by atoms with Crippen LogP contribution in [0.1, 0.15) is 0 Å². The number of hydrogen-bond donors (Lipinski definition) is 1. The highest BCUT2D eigenvalue weighted by molar-refractivity contribution is 6.29. The van der Waals surface area contributed by atoms with Gasteiger partial charge in [0.2, 0.25) is 5.82 Å². The molecule has 0 fully saturated rings. The molecule has 0 atom stereocenters. The third-order valence-corrected chi connectivity index (χ3v) is 1.43. The first kappa shape index (κ1) is 6.36. The van der Waals surface area contributed by atoms with Gasteiger partial charge in [-0.3, -0.25) is 0 Å². The molecule has 0 aromatic carbocycles. The smallest absolute Gasteiger partial charge is 0.204 e. The van der Waals surface area contributed by atoms with Crippen LogP contribution in [0.4, 0.5) is 0 Å². The molecular formula is C5H3ClN4O. The van der Waals surface area contributed by atoms with Crippen molar-refractivity contribution >= 4 is 11.6 Å². The van der Waals surface area contributed by atoms with Gasteiger partial charge in [0, 0.05) is 0 Å². The maximum atomic E-state index is 9.15. The van der Waals surface area contributed by atoms with Gasteiger partial charge in [-0.15, -0.1) is 5.10 Å². The van der Waals surface area contributed by atoms with E-state index in [1.807, 2.05) is 0 Å². The van der Waals surface area contributed by atoms with Gasteiger partial charge >= 0.3 is 0 Å². The highest BCUT2D eigenvalue weighted by Crippen LogP contribution is 2.16. The fourth-order valence-corrected chi connectivity index (χ4v) is 0.961. The second-order valence-corrected chi connectivity index (χ2v) is 2.35. The maximum absolute atomic E-state index is 9.15. The molecule has 0 bridgehead atoms. The molecule has 11 heavy (non-hydrogen) atoms. The van der Waals surface area contributed by atoms with Crippen LogP contribution in [0.2, 0.25) is 5.15 Å². The zero-order valence-electron chi connectivity index (χ0n) is 5.27. The van der Waals surface area contributed by atoms with E-state index in [0.717, 1.165) is 4.73 Å². The summed E-state index contributed by atoms with van der Waals surface area (Å²) in [7, 11) is 0. The first-order valence-corrected chi connectivity index (χ1v) is 3.21. The van der Waals surface area contributed by atoms with Crippen molar-refractivity contribution in [3.05, 3.63) is 17.5 Å². The van der Waals surface area contributed by atoms with E-state index in [9.17, 15) is 0 Å². The molecule has 0 unspecified atom stereocenters. The molecule has 56 valence electrons. The molecule has 2 aliphatic rings. The molecular weight excluding hydrogens is 168 g/mol. The van der Waals surface area contributed by atoms with Gasteiger partial charge in [-0.25, -0.2) is 4.98 Å². The Morgan fingerprint density at radius 3 is 3.18 bits per heavy atom. The lowest BCUT2D eigenvalue weighted by Crippen LogP contribution is -1.99. The largest absolute Gasteiger partial charge is 0.428 e. The zero-order valence-corrected chi connectivity index (χ0v) is 6.02. The standard InChI is InChI=1S/C5H3ClN4O/c6-4-2-10(11)3-1-7-9-5(3)8-4/h1-2,11H. The van der Waals surface area contributed by atoms with E-state index in [4.69, 9.17) is 16.8 Å². The monoisotopic (exact) mass is 170 g/mol. The van der Waals surface area contributed by atoms with Gasteiger partial charge in [0.25, 0.3) is 0 Å². The fraction of sp³-hybridized carbons (Fsp3) is 0. The summed E-state index contributed by atoms with van der Waals surface area (Å²) in [6, 6.07) is 0. The number of fused-ring (bicyclic) bond motifs is 1. The van der Waals surface area contributed by atoms with Crippen molar-refractivity contribution in [2.45, 2.75) is 0 Å². The van der Waals surface area contributed by atoms with Crippen LogP contribution < -0.4 is 0 Å². The van der Waals surface area contributed by atoms with Crippen molar-refractivity contribution in [2.75, 3.05) is 0 Å². The summed E-state index contributed by atoms with van der Waals surface area (Å²) < 4.78 is 0.838. The van der Waals surface area contributed by atoms with E-state index in [1.54, 1.807) is 0 Å². The van der Waals surface area contributed by atoms with Crippen LogP contribution in [-0.4, -0.2) is 25.1 Å². The molecule has 2 heterocycles. The molecule has 0 radical (unpaired) electrons. The van der Waals surface area contributed by atoms with E-state index in [1.165, 1.54) is 12.4 Å². The highest BCUT2D eigenvalue weighted by Gasteiger charge is 2.11. The first-order chi connectivity index (χ1) is 5.27. The molecule has 0 aliphatic carbocycles. The summed E-state index contributed by atoms with van der Waals surface area (Å²) in [6.07, 6.45) is 2.67. The van der Waals surface area contributed by atoms with E-state index >= 15 is 0 Å².